The molecule has 33 heavy (non-hydrogen) atoms. The number of nitrogens with zero attached hydrogens (tertiary/aromatic N) is 3. The van der Waals surface area contributed by atoms with Crippen LogP contribution in [-0.4, -0.2) is 58.4 Å². The number of aromatic nitrogens is 1. The Hall–Kier alpha value is -2.86. The Labute approximate surface area is 196 Å². The summed E-state index contributed by atoms with van der Waals surface area (Å²) >= 11 is 0. The number of carbonyl (C=O) groups is 1. The Balaban J connectivity index is 1.28. The van der Waals surface area contributed by atoms with Gasteiger partial charge in [0.1, 0.15) is 11.4 Å². The average Bonchev–Trinajstić information content (AvgIpc) is 3.24. The van der Waals surface area contributed by atoms with Gasteiger partial charge in [0.25, 0.3) is 5.91 Å². The van der Waals surface area contributed by atoms with E-state index in [9.17, 15) is 4.79 Å². The minimum Gasteiger partial charge on any atom is -0.363 e. The third kappa shape index (κ3) is 4.24. The molecule has 2 aromatic rings. The molecule has 4 heterocycles. The lowest BCUT2D eigenvalue weighted by molar-refractivity contribution is -0.179. The van der Waals surface area contributed by atoms with E-state index in [1.807, 2.05) is 29.4 Å². The zero-order valence-electron chi connectivity index (χ0n) is 19.7. The van der Waals surface area contributed by atoms with Gasteiger partial charge in [0.05, 0.1) is 6.61 Å². The topological polar surface area (TPSA) is 60.9 Å². The number of H-pyrrole nitrogens is 1. The smallest absolute Gasteiger partial charge is 0.255 e. The number of aliphatic imine (C=N–C) groups is 1. The molecule has 6 heteroatoms. The van der Waals surface area contributed by atoms with Gasteiger partial charge in [-0.15, -0.1) is 0 Å². The van der Waals surface area contributed by atoms with Crippen molar-refractivity contribution in [3.05, 3.63) is 60.0 Å². The van der Waals surface area contributed by atoms with Crippen LogP contribution in [0.15, 0.2) is 59.4 Å². The molecule has 1 atom stereocenters. The second kappa shape index (κ2) is 9.18. The van der Waals surface area contributed by atoms with Crippen LogP contribution in [0.3, 0.4) is 0 Å². The molecule has 1 N–H and O–H groups in total. The van der Waals surface area contributed by atoms with Crippen molar-refractivity contribution in [2.24, 2.45) is 10.9 Å². The van der Waals surface area contributed by atoms with Crippen molar-refractivity contribution in [3.8, 4) is 0 Å². The molecule has 6 nitrogen and oxygen atoms in total. The molecule has 1 amide bonds. The maximum Gasteiger partial charge on any atom is 0.255 e. The summed E-state index contributed by atoms with van der Waals surface area (Å²) in [4.78, 5) is 26.1. The molecular weight excluding hydrogens is 412 g/mol. The van der Waals surface area contributed by atoms with Crippen LogP contribution in [0.25, 0.3) is 10.9 Å². The molecule has 2 saturated heterocycles. The fourth-order valence-electron chi connectivity index (χ4n) is 5.44. The normalized spacial score (nSPS) is 24.9. The number of allylic oxidation sites excluding steroid dienone is 3. The lowest BCUT2D eigenvalue weighted by atomic mass is 9.87. The van der Waals surface area contributed by atoms with Gasteiger partial charge in [-0.3, -0.25) is 4.79 Å². The van der Waals surface area contributed by atoms with E-state index in [1.165, 1.54) is 16.5 Å². The summed E-state index contributed by atoms with van der Waals surface area (Å²) in [5.74, 6) is 1.69. The zero-order valence-corrected chi connectivity index (χ0v) is 19.7. The molecule has 1 spiro atoms. The maximum atomic E-state index is 13.6. The summed E-state index contributed by atoms with van der Waals surface area (Å²) in [6.45, 7) is 7.83. The van der Waals surface area contributed by atoms with Gasteiger partial charge in [0.2, 0.25) is 0 Å². The molecule has 0 radical (unpaired) electrons. The summed E-state index contributed by atoms with van der Waals surface area (Å²) in [7, 11) is 0. The summed E-state index contributed by atoms with van der Waals surface area (Å²) in [6, 6.07) is 8.27. The Morgan fingerprint density at radius 2 is 2.06 bits per heavy atom. The van der Waals surface area contributed by atoms with E-state index < -0.39 is 5.60 Å². The molecule has 174 valence electrons. The first kappa shape index (κ1) is 22.0. The third-order valence-corrected chi connectivity index (χ3v) is 7.52. The Morgan fingerprint density at radius 3 is 2.88 bits per heavy atom. The predicted octanol–water partition coefficient (Wildman–Crippen LogP) is 4.65. The number of hydrogen-bond acceptors (Lipinski definition) is 4. The quantitative estimate of drug-likeness (QED) is 0.731. The highest BCUT2D eigenvalue weighted by Gasteiger charge is 2.47. The molecule has 0 saturated carbocycles. The van der Waals surface area contributed by atoms with Crippen molar-refractivity contribution >= 4 is 22.6 Å². The number of ether oxygens (including phenoxy) is 1. The van der Waals surface area contributed by atoms with E-state index in [0.29, 0.717) is 38.5 Å². The summed E-state index contributed by atoms with van der Waals surface area (Å²) in [5.41, 5.74) is 2.93. The van der Waals surface area contributed by atoms with E-state index in [1.54, 1.807) is 0 Å². The number of benzene rings is 1. The lowest BCUT2D eigenvalue weighted by Crippen LogP contribution is -2.61. The van der Waals surface area contributed by atoms with Crippen molar-refractivity contribution in [2.45, 2.75) is 51.7 Å². The number of carbonyl (C=O) groups excluding carboxylic acids is 1. The number of aromatic amines is 1. The number of hydrogen-bond donors (Lipinski definition) is 1. The van der Waals surface area contributed by atoms with Gasteiger partial charge in [-0.25, -0.2) is 4.99 Å². The van der Waals surface area contributed by atoms with Crippen LogP contribution in [0.2, 0.25) is 0 Å². The third-order valence-electron chi connectivity index (χ3n) is 7.52. The summed E-state index contributed by atoms with van der Waals surface area (Å²) in [6.07, 6.45) is 11.9. The van der Waals surface area contributed by atoms with E-state index in [2.05, 4.69) is 48.0 Å². The van der Waals surface area contributed by atoms with Gasteiger partial charge in [-0.05, 0) is 37.5 Å². The van der Waals surface area contributed by atoms with Gasteiger partial charge < -0.3 is 19.5 Å². The number of para-hydroxylation sites is 1. The van der Waals surface area contributed by atoms with Gasteiger partial charge in [-0.1, -0.05) is 36.8 Å². The van der Waals surface area contributed by atoms with Crippen LogP contribution in [0.5, 0.6) is 0 Å². The standard InChI is InChI=1S/C27H34N4O2/c1-3-21-9-8-20(2)25(28-13-10-21)30-14-11-27(12-15-30)26(32)31(16-17-33-27)19-22-18-29-24-7-5-4-6-23(22)24/h3-7,10,13,18,20,29H,8-9,11-12,14-17,19H2,1-2H3/b13-10?,21-3-,28-25?. The highest BCUT2D eigenvalue weighted by atomic mass is 16.5. The number of nitrogens with one attached hydrogen (secondary N) is 1. The maximum absolute atomic E-state index is 13.6. The largest absolute Gasteiger partial charge is 0.363 e. The molecule has 0 aliphatic carbocycles. The van der Waals surface area contributed by atoms with Crippen molar-refractivity contribution in [1.82, 2.24) is 14.8 Å². The molecular formula is C27H34N4O2. The number of morpholine rings is 1. The van der Waals surface area contributed by atoms with Crippen LogP contribution in [0, 0.1) is 5.92 Å². The minimum absolute atomic E-state index is 0.143. The van der Waals surface area contributed by atoms with Crippen molar-refractivity contribution < 1.29 is 9.53 Å². The Morgan fingerprint density at radius 1 is 1.24 bits per heavy atom. The molecule has 3 aliphatic rings. The molecule has 2 fully saturated rings. The number of likely N-dealkylation sites (tertiary alicyclic amines) is 1. The second-order valence-corrected chi connectivity index (χ2v) is 9.52. The number of rotatable bonds is 2. The first-order valence-electron chi connectivity index (χ1n) is 12.2. The first-order chi connectivity index (χ1) is 16.1. The van der Waals surface area contributed by atoms with E-state index in [0.717, 1.165) is 37.3 Å². The van der Waals surface area contributed by atoms with Crippen molar-refractivity contribution in [3.63, 3.8) is 0 Å². The minimum atomic E-state index is -0.694. The number of piperidine rings is 1. The lowest BCUT2D eigenvalue weighted by Gasteiger charge is -2.47. The highest BCUT2D eigenvalue weighted by Crippen LogP contribution is 2.34. The van der Waals surface area contributed by atoms with Crippen LogP contribution in [0.1, 0.15) is 45.1 Å². The number of amidine groups is 1. The van der Waals surface area contributed by atoms with Crippen LogP contribution in [-0.2, 0) is 16.1 Å². The van der Waals surface area contributed by atoms with E-state index in [4.69, 9.17) is 9.73 Å². The van der Waals surface area contributed by atoms with Gasteiger partial charge in [0.15, 0.2) is 0 Å². The monoisotopic (exact) mass is 446 g/mol. The van der Waals surface area contributed by atoms with E-state index in [-0.39, 0.29) is 5.91 Å². The van der Waals surface area contributed by atoms with Crippen LogP contribution >= 0.6 is 0 Å². The Bertz CT molecular complexity index is 1100. The molecule has 1 unspecified atom stereocenters. The van der Waals surface area contributed by atoms with Crippen molar-refractivity contribution in [2.75, 3.05) is 26.2 Å². The number of fused-ring (bicyclic) bond motifs is 1. The molecule has 5 rings (SSSR count). The van der Waals surface area contributed by atoms with Crippen LogP contribution in [0.4, 0.5) is 0 Å². The second-order valence-electron chi connectivity index (χ2n) is 9.52. The first-order valence-corrected chi connectivity index (χ1v) is 12.2. The van der Waals surface area contributed by atoms with Crippen LogP contribution < -0.4 is 0 Å². The molecule has 1 aromatic carbocycles. The molecule has 0 bridgehead atoms. The van der Waals surface area contributed by atoms with Gasteiger partial charge in [0, 0.05) is 68.2 Å². The van der Waals surface area contributed by atoms with E-state index >= 15 is 0 Å². The Kier molecular flexibility index (Phi) is 6.11. The number of amides is 1. The summed E-state index contributed by atoms with van der Waals surface area (Å²) in [5, 5.41) is 1.19. The predicted molar refractivity (Wildman–Crippen MR) is 132 cm³/mol. The molecule has 1 aromatic heterocycles. The van der Waals surface area contributed by atoms with Gasteiger partial charge in [-0.2, -0.15) is 0 Å². The highest BCUT2D eigenvalue weighted by molar-refractivity contribution is 5.89. The SMILES string of the molecule is C/C=C1\C=CN=C(N2CCC3(CC2)OCCN(Cc2c[nH]c4ccccc24)C3=O)C(C)CC1. The van der Waals surface area contributed by atoms with Gasteiger partial charge >= 0.3 is 0 Å². The molecule has 3 aliphatic heterocycles. The fraction of sp³-hybridized carbons (Fsp3) is 0.481. The van der Waals surface area contributed by atoms with Crippen molar-refractivity contribution in [1.29, 1.82) is 0 Å². The summed E-state index contributed by atoms with van der Waals surface area (Å²) < 4.78 is 6.20. The fourth-order valence-corrected chi connectivity index (χ4v) is 5.44. The zero-order chi connectivity index (χ0) is 22.8. The average molecular weight is 447 g/mol.